The summed E-state index contributed by atoms with van der Waals surface area (Å²) in [5.74, 6) is -0.499. The number of hydrogen-bond acceptors (Lipinski definition) is 5. The molecule has 0 fully saturated rings. The largest absolute Gasteiger partial charge is 0.394 e. The highest BCUT2D eigenvalue weighted by Gasteiger charge is 2.18. The van der Waals surface area contributed by atoms with Crippen LogP contribution in [0.15, 0.2) is 17.5 Å². The highest BCUT2D eigenvalue weighted by atomic mass is 32.1. The fraction of sp³-hybridized carbons (Fsp3) is 0.500. The fourth-order valence-electron chi connectivity index (χ4n) is 1.51. The summed E-state index contributed by atoms with van der Waals surface area (Å²) < 4.78 is 0. The Morgan fingerprint density at radius 3 is 2.74 bits per heavy atom. The quantitative estimate of drug-likeness (QED) is 0.557. The van der Waals surface area contributed by atoms with Gasteiger partial charge in [0.25, 0.3) is 0 Å². The molecule has 2 atom stereocenters. The van der Waals surface area contributed by atoms with E-state index in [1.807, 2.05) is 17.5 Å². The minimum absolute atomic E-state index is 0.00738. The molecule has 1 aromatic heterocycles. The number of aliphatic hydroxyl groups is 2. The monoisotopic (exact) mass is 286 g/mol. The van der Waals surface area contributed by atoms with Crippen molar-refractivity contribution in [2.45, 2.75) is 25.5 Å². The molecule has 0 aromatic carbocycles. The van der Waals surface area contributed by atoms with Crippen molar-refractivity contribution >= 4 is 23.2 Å². The minimum Gasteiger partial charge on any atom is -0.394 e. The third-order valence-electron chi connectivity index (χ3n) is 2.40. The zero-order valence-electron chi connectivity index (χ0n) is 10.6. The van der Waals surface area contributed by atoms with Crippen LogP contribution < -0.4 is 10.6 Å². The van der Waals surface area contributed by atoms with Crippen LogP contribution in [0.5, 0.6) is 0 Å². The van der Waals surface area contributed by atoms with Crippen LogP contribution in [-0.4, -0.2) is 41.3 Å². The molecule has 6 nitrogen and oxygen atoms in total. The minimum atomic E-state index is -0.968. The van der Waals surface area contributed by atoms with E-state index in [1.54, 1.807) is 0 Å². The van der Waals surface area contributed by atoms with Crippen molar-refractivity contribution in [2.24, 2.45) is 0 Å². The molecular weight excluding hydrogens is 268 g/mol. The average Bonchev–Trinajstić information content (AvgIpc) is 2.88. The Balaban J connectivity index is 2.53. The number of rotatable bonds is 7. The van der Waals surface area contributed by atoms with Crippen LogP contribution in [0.25, 0.3) is 0 Å². The van der Waals surface area contributed by atoms with Crippen molar-refractivity contribution in [1.29, 1.82) is 0 Å². The molecule has 0 aliphatic carbocycles. The van der Waals surface area contributed by atoms with Crippen molar-refractivity contribution in [3.05, 3.63) is 22.4 Å². The summed E-state index contributed by atoms with van der Waals surface area (Å²) in [7, 11) is 0. The van der Waals surface area contributed by atoms with Gasteiger partial charge >= 0.3 is 0 Å². The van der Waals surface area contributed by atoms with Crippen LogP contribution in [0.1, 0.15) is 24.3 Å². The topological polar surface area (TPSA) is 98.7 Å². The van der Waals surface area contributed by atoms with Crippen molar-refractivity contribution in [3.8, 4) is 0 Å². The van der Waals surface area contributed by atoms with E-state index >= 15 is 0 Å². The van der Waals surface area contributed by atoms with E-state index in [2.05, 4.69) is 10.6 Å². The molecular formula is C12H18N2O4S. The zero-order valence-corrected chi connectivity index (χ0v) is 11.4. The molecule has 0 radical (unpaired) electrons. The third-order valence-corrected chi connectivity index (χ3v) is 3.39. The van der Waals surface area contributed by atoms with Gasteiger partial charge in [0.2, 0.25) is 11.8 Å². The van der Waals surface area contributed by atoms with E-state index in [1.165, 1.54) is 18.3 Å². The Kier molecular flexibility index (Phi) is 6.48. The molecule has 19 heavy (non-hydrogen) atoms. The smallest absolute Gasteiger partial charge is 0.222 e. The molecule has 1 rings (SSSR count). The average molecular weight is 286 g/mol. The second kappa shape index (κ2) is 7.88. The van der Waals surface area contributed by atoms with Crippen molar-refractivity contribution < 1.29 is 19.8 Å². The maximum Gasteiger partial charge on any atom is 0.222 e. The summed E-state index contributed by atoms with van der Waals surface area (Å²) >= 11 is 1.46. The number of nitrogens with one attached hydrogen (secondary N) is 2. The second-order valence-electron chi connectivity index (χ2n) is 4.11. The van der Waals surface area contributed by atoms with Gasteiger partial charge in [-0.3, -0.25) is 9.59 Å². The normalized spacial score (nSPS) is 13.6. The first-order chi connectivity index (χ1) is 9.02. The van der Waals surface area contributed by atoms with Gasteiger partial charge in [-0.15, -0.1) is 11.3 Å². The summed E-state index contributed by atoms with van der Waals surface area (Å²) in [6.07, 6.45) is -0.872. The van der Waals surface area contributed by atoms with Crippen LogP contribution >= 0.6 is 11.3 Å². The SMILES string of the molecule is CC(=O)NC(CC(=O)NCC(O)CO)c1cccs1. The predicted molar refractivity (Wildman–Crippen MR) is 71.6 cm³/mol. The van der Waals surface area contributed by atoms with Gasteiger partial charge < -0.3 is 20.8 Å². The van der Waals surface area contributed by atoms with E-state index in [9.17, 15) is 9.59 Å². The van der Waals surface area contributed by atoms with Gasteiger partial charge in [-0.25, -0.2) is 0 Å². The molecule has 1 aromatic rings. The van der Waals surface area contributed by atoms with E-state index in [-0.39, 0.29) is 30.8 Å². The molecule has 0 aliphatic heterocycles. The van der Waals surface area contributed by atoms with Crippen LogP contribution in [0.3, 0.4) is 0 Å². The molecule has 4 N–H and O–H groups in total. The lowest BCUT2D eigenvalue weighted by Gasteiger charge is -2.16. The van der Waals surface area contributed by atoms with Gasteiger partial charge in [0, 0.05) is 18.3 Å². The van der Waals surface area contributed by atoms with E-state index in [0.717, 1.165) is 4.88 Å². The number of aliphatic hydroxyl groups excluding tert-OH is 2. The van der Waals surface area contributed by atoms with Gasteiger partial charge in [0.1, 0.15) is 0 Å². The maximum absolute atomic E-state index is 11.7. The maximum atomic E-state index is 11.7. The summed E-state index contributed by atoms with van der Waals surface area (Å²) in [6, 6.07) is 3.33. The standard InChI is InChI=1S/C12H18N2O4S/c1-8(16)14-10(11-3-2-4-19-11)5-12(18)13-6-9(17)7-15/h2-4,9-10,15,17H,5-7H2,1H3,(H,13,18)(H,14,16). The molecule has 106 valence electrons. The predicted octanol–water partition coefficient (Wildman–Crippen LogP) is -0.215. The number of hydrogen-bond donors (Lipinski definition) is 4. The Morgan fingerprint density at radius 2 is 2.21 bits per heavy atom. The summed E-state index contributed by atoms with van der Waals surface area (Å²) in [4.78, 5) is 23.7. The number of thiophene rings is 1. The van der Waals surface area contributed by atoms with Crippen LogP contribution in [-0.2, 0) is 9.59 Å². The summed E-state index contributed by atoms with van der Waals surface area (Å²) in [5.41, 5.74) is 0. The van der Waals surface area contributed by atoms with Crippen molar-refractivity contribution in [1.82, 2.24) is 10.6 Å². The molecule has 0 bridgehead atoms. The van der Waals surface area contributed by atoms with Crippen LogP contribution in [0, 0.1) is 0 Å². The summed E-state index contributed by atoms with van der Waals surface area (Å²) in [5, 5.41) is 24.9. The Hall–Kier alpha value is -1.44. The van der Waals surface area contributed by atoms with E-state index < -0.39 is 12.7 Å². The number of carbonyl (C=O) groups is 2. The highest BCUT2D eigenvalue weighted by molar-refractivity contribution is 7.10. The number of amides is 2. The molecule has 2 unspecified atom stereocenters. The first-order valence-electron chi connectivity index (χ1n) is 5.89. The van der Waals surface area contributed by atoms with Crippen molar-refractivity contribution in [3.63, 3.8) is 0 Å². The molecule has 2 amide bonds. The lowest BCUT2D eigenvalue weighted by atomic mass is 10.1. The summed E-state index contributed by atoms with van der Waals surface area (Å²) in [6.45, 7) is 0.987. The zero-order chi connectivity index (χ0) is 14.3. The molecule has 0 aliphatic rings. The van der Waals surface area contributed by atoms with Crippen molar-refractivity contribution in [2.75, 3.05) is 13.2 Å². The first-order valence-corrected chi connectivity index (χ1v) is 6.77. The lowest BCUT2D eigenvalue weighted by Crippen LogP contribution is -2.36. The van der Waals surface area contributed by atoms with Gasteiger partial charge in [0.05, 0.1) is 25.2 Å². The Labute approximate surface area is 115 Å². The molecule has 7 heteroatoms. The van der Waals surface area contributed by atoms with E-state index in [0.29, 0.717) is 0 Å². The molecule has 0 saturated carbocycles. The molecule has 0 spiro atoms. The Morgan fingerprint density at radius 1 is 1.47 bits per heavy atom. The van der Waals surface area contributed by atoms with Gasteiger partial charge in [-0.1, -0.05) is 6.07 Å². The fourth-order valence-corrected chi connectivity index (χ4v) is 2.29. The molecule has 1 heterocycles. The van der Waals surface area contributed by atoms with Gasteiger partial charge in [0.15, 0.2) is 0 Å². The van der Waals surface area contributed by atoms with Gasteiger partial charge in [-0.2, -0.15) is 0 Å². The van der Waals surface area contributed by atoms with Gasteiger partial charge in [-0.05, 0) is 11.4 Å². The van der Waals surface area contributed by atoms with E-state index in [4.69, 9.17) is 10.2 Å². The third kappa shape index (κ3) is 5.82. The van der Waals surface area contributed by atoms with Crippen LogP contribution in [0.2, 0.25) is 0 Å². The number of carbonyl (C=O) groups excluding carboxylic acids is 2. The Bertz CT molecular complexity index is 408. The highest BCUT2D eigenvalue weighted by Crippen LogP contribution is 2.21. The second-order valence-corrected chi connectivity index (χ2v) is 5.09. The lowest BCUT2D eigenvalue weighted by molar-refractivity contribution is -0.123. The van der Waals surface area contributed by atoms with Crippen LogP contribution in [0.4, 0.5) is 0 Å². The molecule has 0 saturated heterocycles. The first kappa shape index (κ1) is 15.6.